The van der Waals surface area contributed by atoms with Crippen LogP contribution in [0.4, 0.5) is 0 Å². The van der Waals surface area contributed by atoms with Gasteiger partial charge in [0.05, 0.1) is 17.3 Å². The molecule has 5 rings (SSSR count). The van der Waals surface area contributed by atoms with Gasteiger partial charge in [-0.1, -0.05) is 53.5 Å². The Balaban J connectivity index is 1.49. The van der Waals surface area contributed by atoms with Crippen molar-refractivity contribution >= 4 is 41.6 Å². The molecular weight excluding hydrogens is 729 g/mol. The average molecular weight is 784 g/mol. The zero-order valence-electron chi connectivity index (χ0n) is 30.8. The van der Waals surface area contributed by atoms with Crippen LogP contribution < -0.4 is 4.74 Å². The molecule has 4 aromatic rings. The largest absolute Gasteiger partial charge is 0.473 e. The van der Waals surface area contributed by atoms with E-state index in [9.17, 15) is 0 Å². The fourth-order valence-electron chi connectivity index (χ4n) is 7.69. The minimum Gasteiger partial charge on any atom is -0.473 e. The third-order valence-electron chi connectivity index (χ3n) is 10.3. The molecule has 4 heterocycles. The van der Waals surface area contributed by atoms with Crippen LogP contribution in [0.25, 0.3) is 22.0 Å². The molecule has 1 aliphatic rings. The van der Waals surface area contributed by atoms with Gasteiger partial charge < -0.3 is 9.47 Å². The van der Waals surface area contributed by atoms with E-state index in [1.165, 1.54) is 11.3 Å². The summed E-state index contributed by atoms with van der Waals surface area (Å²) in [4.78, 5) is 2.29. The van der Waals surface area contributed by atoms with Gasteiger partial charge in [0, 0.05) is 50.4 Å². The third kappa shape index (κ3) is 7.27. The molecule has 0 radical (unpaired) electrons. The van der Waals surface area contributed by atoms with Crippen LogP contribution in [0.1, 0.15) is 90.9 Å². The van der Waals surface area contributed by atoms with Crippen molar-refractivity contribution in [2.45, 2.75) is 110 Å². The Hall–Kier alpha value is -2.66. The van der Waals surface area contributed by atoms with E-state index in [1.54, 1.807) is 0 Å². The van der Waals surface area contributed by atoms with Crippen molar-refractivity contribution in [1.29, 1.82) is 0 Å². The Morgan fingerprint density at radius 1 is 1.04 bits per heavy atom. The summed E-state index contributed by atoms with van der Waals surface area (Å²) in [6.07, 6.45) is 4.97. The second-order valence-corrected chi connectivity index (χ2v) is 21.2. The van der Waals surface area contributed by atoms with Crippen molar-refractivity contribution in [3.63, 3.8) is 0 Å². The zero-order chi connectivity index (χ0) is 34.9. The van der Waals surface area contributed by atoms with Gasteiger partial charge >= 0.3 is 0 Å². The van der Waals surface area contributed by atoms with Gasteiger partial charge in [0.25, 0.3) is 0 Å². The second-order valence-electron chi connectivity index (χ2n) is 14.6. The van der Waals surface area contributed by atoms with Gasteiger partial charge in [0.15, 0.2) is 6.23 Å². The number of benzene rings is 1. The van der Waals surface area contributed by atoms with Crippen LogP contribution >= 0.6 is 22.6 Å². The van der Waals surface area contributed by atoms with E-state index in [4.69, 9.17) is 14.6 Å². The normalized spacial score (nSPS) is 16.4. The van der Waals surface area contributed by atoms with Gasteiger partial charge in [0.1, 0.15) is 23.6 Å². The lowest BCUT2D eigenvalue weighted by atomic mass is 10.1. The topological polar surface area (TPSA) is 75.2 Å². The molecule has 48 heavy (non-hydrogen) atoms. The standard InChI is InChI=1S/C37H54IN7O2Si/c1-24(2)48(25(3)4,26(5)6)19-17-33-30-20-29(15-16-34(30)45(40-33)35-14-12-13-18-46-35)31-21-39-44(11)37(31)47-27(7)22-42(9)23-32-28(8)43(10)41-36(32)38/h15-16,20-21,24-27,35H,12-14,18,22-23H2,1-11H3/t27-,35?/m0/s1. The number of aromatic nitrogens is 6. The molecule has 0 saturated carbocycles. The quantitative estimate of drug-likeness (QED) is 0.0867. The van der Waals surface area contributed by atoms with Gasteiger partial charge in [0.2, 0.25) is 5.88 Å². The number of ether oxygens (including phenoxy) is 2. The van der Waals surface area contributed by atoms with Crippen molar-refractivity contribution in [2.24, 2.45) is 14.1 Å². The zero-order valence-corrected chi connectivity index (χ0v) is 33.9. The highest BCUT2D eigenvalue weighted by Gasteiger charge is 2.42. The van der Waals surface area contributed by atoms with Gasteiger partial charge in [-0.3, -0.25) is 9.58 Å². The van der Waals surface area contributed by atoms with E-state index in [0.29, 0.717) is 16.6 Å². The van der Waals surface area contributed by atoms with Crippen molar-refractivity contribution in [1.82, 2.24) is 34.2 Å². The molecule has 0 spiro atoms. The molecule has 1 saturated heterocycles. The van der Waals surface area contributed by atoms with Crippen LogP contribution in [-0.4, -0.2) is 68.6 Å². The van der Waals surface area contributed by atoms with Gasteiger partial charge in [-0.15, -0.1) is 5.54 Å². The molecule has 260 valence electrons. The maximum atomic E-state index is 6.63. The number of nitrogens with zero attached hydrogens (tertiary/aromatic N) is 7. The maximum Gasteiger partial charge on any atom is 0.219 e. The van der Waals surface area contributed by atoms with Crippen LogP contribution in [-0.2, 0) is 25.4 Å². The average Bonchev–Trinajstić information content (AvgIpc) is 3.66. The van der Waals surface area contributed by atoms with E-state index in [2.05, 4.69) is 134 Å². The molecule has 1 aliphatic heterocycles. The van der Waals surface area contributed by atoms with Gasteiger partial charge in [-0.2, -0.15) is 15.3 Å². The molecule has 0 aliphatic carbocycles. The lowest BCUT2D eigenvalue weighted by Crippen LogP contribution is -2.43. The molecular formula is C37H54IN7O2Si. The van der Waals surface area contributed by atoms with Crippen molar-refractivity contribution in [3.8, 4) is 28.5 Å². The Morgan fingerprint density at radius 3 is 2.35 bits per heavy atom. The summed E-state index contributed by atoms with van der Waals surface area (Å²) in [5.41, 5.74) is 11.9. The molecule has 2 atom stereocenters. The van der Waals surface area contributed by atoms with Crippen LogP contribution in [0.2, 0.25) is 16.6 Å². The second kappa shape index (κ2) is 15.1. The summed E-state index contributed by atoms with van der Waals surface area (Å²) in [5.74, 6) is 4.43. The molecule has 0 N–H and O–H groups in total. The van der Waals surface area contributed by atoms with E-state index in [-0.39, 0.29) is 12.3 Å². The lowest BCUT2D eigenvalue weighted by Gasteiger charge is -2.38. The highest BCUT2D eigenvalue weighted by atomic mass is 127. The first kappa shape index (κ1) is 36.6. The minimum absolute atomic E-state index is 0.0590. The molecule has 11 heteroatoms. The molecule has 0 bridgehead atoms. The highest BCUT2D eigenvalue weighted by Crippen LogP contribution is 2.41. The van der Waals surface area contributed by atoms with E-state index in [0.717, 1.165) is 76.3 Å². The molecule has 1 unspecified atom stereocenters. The summed E-state index contributed by atoms with van der Waals surface area (Å²) in [7, 11) is 4.11. The first-order valence-corrected chi connectivity index (χ1v) is 20.8. The predicted octanol–water partition coefficient (Wildman–Crippen LogP) is 8.25. The minimum atomic E-state index is -1.96. The molecule has 0 amide bonds. The number of hydrogen-bond donors (Lipinski definition) is 0. The van der Waals surface area contributed by atoms with Crippen LogP contribution in [0.5, 0.6) is 5.88 Å². The fraction of sp³-hybridized carbons (Fsp3) is 0.595. The molecule has 3 aromatic heterocycles. The van der Waals surface area contributed by atoms with Gasteiger partial charge in [-0.25, -0.2) is 9.36 Å². The predicted molar refractivity (Wildman–Crippen MR) is 206 cm³/mol. The lowest BCUT2D eigenvalue weighted by molar-refractivity contribution is -0.0367. The van der Waals surface area contributed by atoms with Crippen molar-refractivity contribution in [2.75, 3.05) is 20.2 Å². The molecule has 1 aromatic carbocycles. The summed E-state index contributed by atoms with van der Waals surface area (Å²) in [5, 5.41) is 15.4. The van der Waals surface area contributed by atoms with E-state index < -0.39 is 8.07 Å². The van der Waals surface area contributed by atoms with E-state index in [1.807, 2.05) is 29.7 Å². The van der Waals surface area contributed by atoms with Crippen LogP contribution in [0.15, 0.2) is 24.4 Å². The number of halogens is 1. The Bertz CT molecular complexity index is 1770. The number of hydrogen-bond acceptors (Lipinski definition) is 6. The number of fused-ring (bicyclic) bond motifs is 1. The van der Waals surface area contributed by atoms with Gasteiger partial charge in [-0.05, 0) is 97.1 Å². The summed E-state index contributed by atoms with van der Waals surface area (Å²) in [6, 6.07) is 6.55. The summed E-state index contributed by atoms with van der Waals surface area (Å²) >= 11 is 2.32. The number of likely N-dealkylation sites (N-methyl/N-ethyl adjacent to an activating group) is 1. The fourth-order valence-corrected chi connectivity index (χ4v) is 13.8. The summed E-state index contributed by atoms with van der Waals surface area (Å²) < 4.78 is 19.8. The smallest absolute Gasteiger partial charge is 0.219 e. The number of rotatable bonds is 11. The Kier molecular flexibility index (Phi) is 11.5. The Morgan fingerprint density at radius 2 is 1.75 bits per heavy atom. The van der Waals surface area contributed by atoms with Crippen LogP contribution in [0, 0.1) is 22.1 Å². The van der Waals surface area contributed by atoms with Crippen molar-refractivity contribution in [3.05, 3.63) is 45.0 Å². The van der Waals surface area contributed by atoms with Crippen molar-refractivity contribution < 1.29 is 9.47 Å². The Labute approximate surface area is 301 Å². The number of aryl methyl sites for hydroxylation is 2. The molecule has 9 nitrogen and oxygen atoms in total. The van der Waals surface area contributed by atoms with Crippen LogP contribution in [0.3, 0.4) is 0 Å². The SMILES string of the molecule is Cc1c(CN(C)C[C@H](C)Oc2c(-c3ccc4c(c3)c(C#C[Si](C(C)C)(C(C)C)C(C)C)nn4C3CCCCO3)cnn2C)c(I)nn1C. The molecule has 1 fully saturated rings. The first-order valence-electron chi connectivity index (χ1n) is 17.5. The third-order valence-corrected chi connectivity index (χ3v) is 17.5. The summed E-state index contributed by atoms with van der Waals surface area (Å²) in [6.45, 7) is 20.7. The maximum absolute atomic E-state index is 6.63. The highest BCUT2D eigenvalue weighted by molar-refractivity contribution is 14.1. The monoisotopic (exact) mass is 783 g/mol. The first-order chi connectivity index (χ1) is 22.7. The van der Waals surface area contributed by atoms with E-state index >= 15 is 0 Å².